The molecule has 0 radical (unpaired) electrons. The van der Waals surface area contributed by atoms with E-state index >= 15 is 0 Å². The van der Waals surface area contributed by atoms with E-state index in [-0.39, 0.29) is 5.69 Å². The Balaban J connectivity index is 2.29. The van der Waals surface area contributed by atoms with Crippen LogP contribution in [0.3, 0.4) is 0 Å². The van der Waals surface area contributed by atoms with Crippen LogP contribution >= 0.6 is 0 Å². The van der Waals surface area contributed by atoms with Crippen LogP contribution in [0, 0.1) is 0 Å². The first-order valence-electron chi connectivity index (χ1n) is 4.65. The third-order valence-electron chi connectivity index (χ3n) is 2.25. The monoisotopic (exact) mass is 209 g/mol. The molecule has 1 saturated heterocycles. The Morgan fingerprint density at radius 2 is 2.20 bits per heavy atom. The fourth-order valence-electron chi connectivity index (χ4n) is 1.52. The van der Waals surface area contributed by atoms with Crippen molar-refractivity contribution in [2.45, 2.75) is 0 Å². The number of ether oxygens (including phenoxy) is 1. The van der Waals surface area contributed by atoms with Crippen LogP contribution in [-0.4, -0.2) is 47.3 Å². The SMILES string of the molecule is O=C(O)c1ncncc1N1CCOCC1. The highest BCUT2D eigenvalue weighted by Gasteiger charge is 2.19. The number of aromatic carboxylic acids is 1. The van der Waals surface area contributed by atoms with Crippen LogP contribution in [0.5, 0.6) is 0 Å². The van der Waals surface area contributed by atoms with Crippen LogP contribution in [0.4, 0.5) is 5.69 Å². The molecule has 0 aromatic carbocycles. The molecule has 1 fully saturated rings. The van der Waals surface area contributed by atoms with Crippen LogP contribution in [0.15, 0.2) is 12.5 Å². The second-order valence-corrected chi connectivity index (χ2v) is 3.16. The number of hydrogen-bond donors (Lipinski definition) is 1. The second-order valence-electron chi connectivity index (χ2n) is 3.16. The molecule has 0 atom stereocenters. The van der Waals surface area contributed by atoms with Gasteiger partial charge in [-0.25, -0.2) is 14.8 Å². The van der Waals surface area contributed by atoms with Crippen LogP contribution in [0.1, 0.15) is 10.5 Å². The molecule has 2 rings (SSSR count). The van der Waals surface area contributed by atoms with E-state index in [1.807, 2.05) is 4.90 Å². The topological polar surface area (TPSA) is 75.5 Å². The van der Waals surface area contributed by atoms with E-state index in [1.165, 1.54) is 12.5 Å². The summed E-state index contributed by atoms with van der Waals surface area (Å²) < 4.78 is 5.19. The number of carbonyl (C=O) groups is 1. The molecule has 15 heavy (non-hydrogen) atoms. The smallest absolute Gasteiger partial charge is 0.356 e. The van der Waals surface area contributed by atoms with Gasteiger partial charge in [0.05, 0.1) is 25.1 Å². The van der Waals surface area contributed by atoms with Crippen molar-refractivity contribution in [3.8, 4) is 0 Å². The normalized spacial score (nSPS) is 16.4. The zero-order valence-electron chi connectivity index (χ0n) is 8.09. The van der Waals surface area contributed by atoms with Crippen molar-refractivity contribution in [3.63, 3.8) is 0 Å². The Labute approximate surface area is 86.5 Å². The van der Waals surface area contributed by atoms with Gasteiger partial charge >= 0.3 is 5.97 Å². The number of nitrogens with zero attached hydrogens (tertiary/aromatic N) is 3. The fraction of sp³-hybridized carbons (Fsp3) is 0.444. The van der Waals surface area contributed by atoms with Crippen LogP contribution in [-0.2, 0) is 4.74 Å². The molecule has 0 unspecified atom stereocenters. The maximum Gasteiger partial charge on any atom is 0.356 e. The quantitative estimate of drug-likeness (QED) is 0.739. The summed E-state index contributed by atoms with van der Waals surface area (Å²) in [5.41, 5.74) is 0.611. The van der Waals surface area contributed by atoms with Crippen LogP contribution < -0.4 is 4.90 Å². The Morgan fingerprint density at radius 1 is 1.47 bits per heavy atom. The molecular weight excluding hydrogens is 198 g/mol. The molecule has 0 spiro atoms. The molecule has 0 saturated carbocycles. The second kappa shape index (κ2) is 4.22. The molecule has 80 valence electrons. The highest BCUT2D eigenvalue weighted by Crippen LogP contribution is 2.17. The van der Waals surface area contributed by atoms with Gasteiger partial charge in [-0.2, -0.15) is 0 Å². The summed E-state index contributed by atoms with van der Waals surface area (Å²) in [5.74, 6) is -1.03. The number of carboxylic acid groups (broad SMARTS) is 1. The molecular formula is C9H11N3O3. The molecule has 1 aliphatic heterocycles. The summed E-state index contributed by atoms with van der Waals surface area (Å²) in [7, 11) is 0. The fourth-order valence-corrected chi connectivity index (χ4v) is 1.52. The van der Waals surface area contributed by atoms with Gasteiger partial charge in [0.15, 0.2) is 5.69 Å². The predicted molar refractivity (Wildman–Crippen MR) is 52.0 cm³/mol. The molecule has 0 amide bonds. The zero-order valence-corrected chi connectivity index (χ0v) is 8.09. The average molecular weight is 209 g/mol. The molecule has 6 heteroatoms. The van der Waals surface area contributed by atoms with Gasteiger partial charge in [0, 0.05) is 13.1 Å². The minimum Gasteiger partial charge on any atom is -0.476 e. The Hall–Kier alpha value is -1.69. The van der Waals surface area contributed by atoms with Gasteiger partial charge < -0.3 is 14.7 Å². The number of rotatable bonds is 2. The summed E-state index contributed by atoms with van der Waals surface area (Å²) >= 11 is 0. The summed E-state index contributed by atoms with van der Waals surface area (Å²) in [6.07, 6.45) is 2.77. The molecule has 1 N–H and O–H groups in total. The van der Waals surface area contributed by atoms with Gasteiger partial charge in [-0.3, -0.25) is 0 Å². The highest BCUT2D eigenvalue weighted by atomic mass is 16.5. The highest BCUT2D eigenvalue weighted by molar-refractivity contribution is 5.91. The van der Waals surface area contributed by atoms with Gasteiger partial charge in [-0.1, -0.05) is 0 Å². The van der Waals surface area contributed by atoms with Gasteiger partial charge in [-0.05, 0) is 0 Å². The maximum atomic E-state index is 10.9. The lowest BCUT2D eigenvalue weighted by Gasteiger charge is -2.28. The van der Waals surface area contributed by atoms with E-state index in [2.05, 4.69) is 9.97 Å². The lowest BCUT2D eigenvalue weighted by Crippen LogP contribution is -2.37. The lowest BCUT2D eigenvalue weighted by atomic mass is 10.3. The van der Waals surface area contributed by atoms with E-state index < -0.39 is 5.97 Å². The van der Waals surface area contributed by atoms with Crippen molar-refractivity contribution in [2.75, 3.05) is 31.2 Å². The van der Waals surface area contributed by atoms with Gasteiger partial charge in [0.1, 0.15) is 6.33 Å². The Kier molecular flexibility index (Phi) is 2.77. The first-order chi connectivity index (χ1) is 7.29. The summed E-state index contributed by atoms with van der Waals surface area (Å²) in [4.78, 5) is 20.4. The van der Waals surface area contributed by atoms with Crippen molar-refractivity contribution in [3.05, 3.63) is 18.2 Å². The number of anilines is 1. The lowest BCUT2D eigenvalue weighted by molar-refractivity contribution is 0.0689. The van der Waals surface area contributed by atoms with Gasteiger partial charge in [0.2, 0.25) is 0 Å². The molecule has 0 bridgehead atoms. The zero-order chi connectivity index (χ0) is 10.7. The number of hydrogen-bond acceptors (Lipinski definition) is 5. The largest absolute Gasteiger partial charge is 0.476 e. The van der Waals surface area contributed by atoms with Gasteiger partial charge in [0.25, 0.3) is 0 Å². The molecule has 6 nitrogen and oxygen atoms in total. The van der Waals surface area contributed by atoms with Crippen LogP contribution in [0.25, 0.3) is 0 Å². The van der Waals surface area contributed by atoms with E-state index in [4.69, 9.17) is 9.84 Å². The first kappa shape index (κ1) is 9.85. The molecule has 1 aromatic heterocycles. The van der Waals surface area contributed by atoms with Crippen LogP contribution in [0.2, 0.25) is 0 Å². The standard InChI is InChI=1S/C9H11N3O3/c13-9(14)8-7(5-10-6-11-8)12-1-3-15-4-2-12/h5-6H,1-4H2,(H,13,14). The molecule has 1 aliphatic rings. The van der Waals surface area contributed by atoms with E-state index in [0.717, 1.165) is 0 Å². The summed E-state index contributed by atoms with van der Waals surface area (Å²) in [6, 6.07) is 0. The molecule has 1 aromatic rings. The minimum atomic E-state index is -1.03. The van der Waals surface area contributed by atoms with Gasteiger partial charge in [-0.15, -0.1) is 0 Å². The molecule has 0 aliphatic carbocycles. The predicted octanol–water partition coefficient (Wildman–Crippen LogP) is 0.0114. The number of carboxylic acids is 1. The Morgan fingerprint density at radius 3 is 2.87 bits per heavy atom. The third kappa shape index (κ3) is 2.04. The summed E-state index contributed by atoms with van der Waals surface area (Å²) in [6.45, 7) is 2.56. The summed E-state index contributed by atoms with van der Waals surface area (Å²) in [5, 5.41) is 8.95. The maximum absolute atomic E-state index is 10.9. The van der Waals surface area contributed by atoms with E-state index in [0.29, 0.717) is 32.0 Å². The molecule has 2 heterocycles. The van der Waals surface area contributed by atoms with Crippen molar-refractivity contribution in [1.29, 1.82) is 0 Å². The van der Waals surface area contributed by atoms with Crippen molar-refractivity contribution in [2.24, 2.45) is 0 Å². The Bertz CT molecular complexity index is 363. The van der Waals surface area contributed by atoms with Crippen molar-refractivity contribution in [1.82, 2.24) is 9.97 Å². The van der Waals surface area contributed by atoms with Crippen molar-refractivity contribution >= 4 is 11.7 Å². The number of morpholine rings is 1. The van der Waals surface area contributed by atoms with E-state index in [1.54, 1.807) is 0 Å². The average Bonchev–Trinajstić information content (AvgIpc) is 2.30. The first-order valence-corrected chi connectivity index (χ1v) is 4.65. The number of aromatic nitrogens is 2. The third-order valence-corrected chi connectivity index (χ3v) is 2.25. The van der Waals surface area contributed by atoms with E-state index in [9.17, 15) is 4.79 Å². The minimum absolute atomic E-state index is 0.0481. The van der Waals surface area contributed by atoms with Crippen molar-refractivity contribution < 1.29 is 14.6 Å².